The van der Waals surface area contributed by atoms with Gasteiger partial charge in [0.15, 0.2) is 6.29 Å². The number of carbonyl (C=O) groups is 1. The maximum absolute atomic E-state index is 10.5. The van der Waals surface area contributed by atoms with Crippen molar-refractivity contribution >= 4 is 6.29 Å². The molecule has 0 aliphatic carbocycles. The first-order valence-corrected chi connectivity index (χ1v) is 5.24. The van der Waals surface area contributed by atoms with Crippen LogP contribution in [0.15, 0.2) is 42.6 Å². The number of rotatable bonds is 3. The Balaban J connectivity index is 2.21. The van der Waals surface area contributed by atoms with Crippen molar-refractivity contribution < 1.29 is 4.79 Å². The second-order valence-electron chi connectivity index (χ2n) is 3.80. The zero-order valence-electron chi connectivity index (χ0n) is 9.18. The van der Waals surface area contributed by atoms with Gasteiger partial charge in [-0.05, 0) is 30.2 Å². The summed E-state index contributed by atoms with van der Waals surface area (Å²) in [7, 11) is 0. The maximum atomic E-state index is 10.5. The van der Waals surface area contributed by atoms with Crippen molar-refractivity contribution in [2.75, 3.05) is 0 Å². The number of pyridine rings is 1. The molecule has 2 aromatic rings. The van der Waals surface area contributed by atoms with Crippen LogP contribution in [0, 0.1) is 6.92 Å². The van der Waals surface area contributed by atoms with Crippen LogP contribution in [0.3, 0.4) is 0 Å². The van der Waals surface area contributed by atoms with E-state index in [1.165, 1.54) is 11.1 Å². The van der Waals surface area contributed by atoms with E-state index in [-0.39, 0.29) is 0 Å². The first-order valence-electron chi connectivity index (χ1n) is 5.24. The summed E-state index contributed by atoms with van der Waals surface area (Å²) >= 11 is 0. The molecule has 0 unspecified atom stereocenters. The van der Waals surface area contributed by atoms with Gasteiger partial charge in [-0.3, -0.25) is 9.78 Å². The predicted molar refractivity (Wildman–Crippen MR) is 63.6 cm³/mol. The Kier molecular flexibility index (Phi) is 3.10. The van der Waals surface area contributed by atoms with Crippen molar-refractivity contribution in [1.29, 1.82) is 0 Å². The molecule has 1 aromatic carbocycles. The lowest BCUT2D eigenvalue weighted by Crippen LogP contribution is -1.95. The summed E-state index contributed by atoms with van der Waals surface area (Å²) < 4.78 is 0. The van der Waals surface area contributed by atoms with Gasteiger partial charge in [0.2, 0.25) is 0 Å². The SMILES string of the molecule is Cc1ccccc1Cc1ccc(C=O)cn1. The minimum absolute atomic E-state index is 0.619. The number of benzene rings is 1. The molecule has 16 heavy (non-hydrogen) atoms. The summed E-state index contributed by atoms with van der Waals surface area (Å²) in [5, 5.41) is 0. The summed E-state index contributed by atoms with van der Waals surface area (Å²) in [6.45, 7) is 2.09. The van der Waals surface area contributed by atoms with Crippen LogP contribution in [0.5, 0.6) is 0 Å². The molecule has 2 heteroatoms. The van der Waals surface area contributed by atoms with Crippen molar-refractivity contribution in [3.05, 3.63) is 65.0 Å². The van der Waals surface area contributed by atoms with Gasteiger partial charge in [0, 0.05) is 23.9 Å². The van der Waals surface area contributed by atoms with Gasteiger partial charge in [-0.2, -0.15) is 0 Å². The summed E-state index contributed by atoms with van der Waals surface area (Å²) in [6, 6.07) is 12.0. The quantitative estimate of drug-likeness (QED) is 0.731. The number of aldehydes is 1. The number of nitrogens with zero attached hydrogens (tertiary/aromatic N) is 1. The standard InChI is InChI=1S/C14H13NO/c1-11-4-2-3-5-13(11)8-14-7-6-12(10-16)9-15-14/h2-7,9-10H,8H2,1H3. The third-order valence-corrected chi connectivity index (χ3v) is 2.62. The molecule has 0 saturated carbocycles. The van der Waals surface area contributed by atoms with Crippen molar-refractivity contribution in [3.63, 3.8) is 0 Å². The van der Waals surface area contributed by atoms with E-state index in [0.717, 1.165) is 18.4 Å². The largest absolute Gasteiger partial charge is 0.298 e. The molecule has 2 rings (SSSR count). The second-order valence-corrected chi connectivity index (χ2v) is 3.80. The van der Waals surface area contributed by atoms with E-state index >= 15 is 0 Å². The lowest BCUT2D eigenvalue weighted by atomic mass is 10.0. The topological polar surface area (TPSA) is 30.0 Å². The third-order valence-electron chi connectivity index (χ3n) is 2.62. The Morgan fingerprint density at radius 1 is 1.19 bits per heavy atom. The maximum Gasteiger partial charge on any atom is 0.151 e. The van der Waals surface area contributed by atoms with Crippen molar-refractivity contribution in [1.82, 2.24) is 4.98 Å². The van der Waals surface area contributed by atoms with E-state index in [4.69, 9.17) is 0 Å². The van der Waals surface area contributed by atoms with Crippen molar-refractivity contribution in [2.24, 2.45) is 0 Å². The molecule has 0 fully saturated rings. The fourth-order valence-corrected chi connectivity index (χ4v) is 1.61. The number of hydrogen-bond acceptors (Lipinski definition) is 2. The van der Waals surface area contributed by atoms with Crippen LogP contribution in [0.1, 0.15) is 27.2 Å². The van der Waals surface area contributed by atoms with Gasteiger partial charge < -0.3 is 0 Å². The van der Waals surface area contributed by atoms with Crippen LogP contribution in [0.25, 0.3) is 0 Å². The van der Waals surface area contributed by atoms with Gasteiger partial charge in [-0.15, -0.1) is 0 Å². The van der Waals surface area contributed by atoms with Crippen LogP contribution >= 0.6 is 0 Å². The highest BCUT2D eigenvalue weighted by Crippen LogP contribution is 2.12. The summed E-state index contributed by atoms with van der Waals surface area (Å²) in [6.07, 6.45) is 3.23. The van der Waals surface area contributed by atoms with Gasteiger partial charge in [-0.1, -0.05) is 24.3 Å². The first kappa shape index (κ1) is 10.6. The Bertz CT molecular complexity index is 488. The zero-order valence-corrected chi connectivity index (χ0v) is 9.18. The van der Waals surface area contributed by atoms with E-state index in [9.17, 15) is 4.79 Å². The van der Waals surface area contributed by atoms with Crippen LogP contribution in [-0.2, 0) is 6.42 Å². The van der Waals surface area contributed by atoms with Gasteiger partial charge in [-0.25, -0.2) is 0 Å². The smallest absolute Gasteiger partial charge is 0.151 e. The predicted octanol–water partition coefficient (Wildman–Crippen LogP) is 2.79. The Hall–Kier alpha value is -1.96. The first-order chi connectivity index (χ1) is 7.79. The van der Waals surface area contributed by atoms with E-state index in [2.05, 4.69) is 24.0 Å². The molecule has 80 valence electrons. The van der Waals surface area contributed by atoms with E-state index in [0.29, 0.717) is 5.56 Å². The molecule has 0 atom stereocenters. The molecule has 2 nitrogen and oxygen atoms in total. The summed E-state index contributed by atoms with van der Waals surface area (Å²) in [4.78, 5) is 14.7. The Morgan fingerprint density at radius 2 is 2.00 bits per heavy atom. The van der Waals surface area contributed by atoms with E-state index in [1.54, 1.807) is 12.3 Å². The molecule has 0 N–H and O–H groups in total. The number of carbonyl (C=O) groups excluding carboxylic acids is 1. The number of hydrogen-bond donors (Lipinski definition) is 0. The van der Waals surface area contributed by atoms with Gasteiger partial charge in [0.25, 0.3) is 0 Å². The highest BCUT2D eigenvalue weighted by atomic mass is 16.1. The molecule has 0 spiro atoms. The summed E-state index contributed by atoms with van der Waals surface area (Å²) in [5.41, 5.74) is 4.14. The van der Waals surface area contributed by atoms with Crippen molar-refractivity contribution in [2.45, 2.75) is 13.3 Å². The summed E-state index contributed by atoms with van der Waals surface area (Å²) in [5.74, 6) is 0. The van der Waals surface area contributed by atoms with Crippen LogP contribution in [0.4, 0.5) is 0 Å². The number of aromatic nitrogens is 1. The van der Waals surface area contributed by atoms with Gasteiger partial charge in [0.1, 0.15) is 0 Å². The van der Waals surface area contributed by atoms with Crippen LogP contribution in [-0.4, -0.2) is 11.3 Å². The van der Waals surface area contributed by atoms with E-state index in [1.807, 2.05) is 18.2 Å². The monoisotopic (exact) mass is 211 g/mol. The molecule has 0 bridgehead atoms. The molecule has 0 aliphatic rings. The third kappa shape index (κ3) is 2.34. The second kappa shape index (κ2) is 4.71. The normalized spacial score (nSPS) is 10.1. The highest BCUT2D eigenvalue weighted by molar-refractivity contribution is 5.73. The molecule has 0 saturated heterocycles. The highest BCUT2D eigenvalue weighted by Gasteiger charge is 2.00. The average molecular weight is 211 g/mol. The van der Waals surface area contributed by atoms with Gasteiger partial charge >= 0.3 is 0 Å². The van der Waals surface area contributed by atoms with Crippen molar-refractivity contribution in [3.8, 4) is 0 Å². The average Bonchev–Trinajstić information content (AvgIpc) is 2.33. The zero-order chi connectivity index (χ0) is 11.4. The molecular weight excluding hydrogens is 198 g/mol. The molecule has 0 amide bonds. The fourth-order valence-electron chi connectivity index (χ4n) is 1.61. The number of aryl methyl sites for hydroxylation is 1. The van der Waals surface area contributed by atoms with E-state index < -0.39 is 0 Å². The minimum atomic E-state index is 0.619. The molecular formula is C14H13NO. The fraction of sp³-hybridized carbons (Fsp3) is 0.143. The molecule has 0 radical (unpaired) electrons. The minimum Gasteiger partial charge on any atom is -0.298 e. The van der Waals surface area contributed by atoms with Crippen LogP contribution in [0.2, 0.25) is 0 Å². The Labute approximate surface area is 95.0 Å². The lowest BCUT2D eigenvalue weighted by Gasteiger charge is -2.04. The van der Waals surface area contributed by atoms with Crippen LogP contribution < -0.4 is 0 Å². The van der Waals surface area contributed by atoms with Gasteiger partial charge in [0.05, 0.1) is 0 Å². The Morgan fingerprint density at radius 3 is 2.62 bits per heavy atom. The molecule has 1 aromatic heterocycles. The lowest BCUT2D eigenvalue weighted by molar-refractivity contribution is 0.112. The molecule has 1 heterocycles. The molecule has 0 aliphatic heterocycles.